The highest BCUT2D eigenvalue weighted by molar-refractivity contribution is 6.36. The molecule has 2 aromatic carbocycles. The van der Waals surface area contributed by atoms with Crippen molar-refractivity contribution in [2.75, 3.05) is 5.32 Å². The minimum absolute atomic E-state index is 0.0328. The van der Waals surface area contributed by atoms with Crippen LogP contribution in [-0.4, -0.2) is 18.0 Å². The molecule has 1 aromatic heterocycles. The number of fused-ring (bicyclic) bond motifs is 1. The van der Waals surface area contributed by atoms with Crippen LogP contribution in [0.1, 0.15) is 17.5 Å². The van der Waals surface area contributed by atoms with E-state index in [1.54, 1.807) is 30.3 Å². The molecule has 1 heterocycles. The Labute approximate surface area is 153 Å². The number of nitrogens with one attached hydrogen (secondary N) is 1. The van der Waals surface area contributed by atoms with E-state index in [1.165, 1.54) is 13.0 Å². The molecule has 0 spiro atoms. The van der Waals surface area contributed by atoms with Crippen LogP contribution < -0.4 is 5.32 Å². The van der Waals surface area contributed by atoms with Crippen LogP contribution in [0.5, 0.6) is 0 Å². The van der Waals surface area contributed by atoms with Crippen LogP contribution in [0.2, 0.25) is 10.0 Å². The summed E-state index contributed by atoms with van der Waals surface area (Å²) in [6.07, 6.45) is -1.03. The molecule has 3 aromatic rings. The molecule has 0 aliphatic heterocycles. The molecule has 1 atom stereocenters. The summed E-state index contributed by atoms with van der Waals surface area (Å²) >= 11 is 11.8. The molecule has 0 saturated carbocycles. The van der Waals surface area contributed by atoms with Crippen molar-refractivity contribution in [2.24, 2.45) is 0 Å². The third-order valence-corrected chi connectivity index (χ3v) is 4.02. The average Bonchev–Trinajstić information content (AvgIpc) is 3.01. The summed E-state index contributed by atoms with van der Waals surface area (Å²) in [6, 6.07) is 13.4. The first-order valence-corrected chi connectivity index (χ1v) is 8.15. The van der Waals surface area contributed by atoms with Crippen LogP contribution in [0, 0.1) is 0 Å². The van der Waals surface area contributed by atoms with Crippen molar-refractivity contribution in [3.05, 3.63) is 64.3 Å². The quantitative estimate of drug-likeness (QED) is 0.654. The fourth-order valence-electron chi connectivity index (χ4n) is 2.18. The molecule has 128 valence electrons. The minimum atomic E-state index is -1.03. The smallest absolute Gasteiger partial charge is 0.375 e. The summed E-state index contributed by atoms with van der Waals surface area (Å²) < 4.78 is 10.6. The number of carbonyl (C=O) groups is 2. The zero-order valence-electron chi connectivity index (χ0n) is 13.1. The Kier molecular flexibility index (Phi) is 4.97. The monoisotopic (exact) mass is 377 g/mol. The fraction of sp³-hybridized carbons (Fsp3) is 0.111. The Morgan fingerprint density at radius 1 is 1.12 bits per heavy atom. The SMILES string of the molecule is C[C@@H](OC(=O)c1cc2ccccc2o1)C(=O)Nc1ccc(Cl)cc1Cl. The fourth-order valence-corrected chi connectivity index (χ4v) is 2.64. The van der Waals surface area contributed by atoms with Crippen molar-refractivity contribution >= 4 is 51.7 Å². The standard InChI is InChI=1S/C18H13Cl2NO4/c1-10(17(22)21-14-7-6-12(19)9-13(14)20)24-18(23)16-8-11-4-2-3-5-15(11)25-16/h2-10H,1H3,(H,21,22)/t10-/m1/s1. The van der Waals surface area contributed by atoms with E-state index in [0.29, 0.717) is 16.3 Å². The molecule has 1 amide bonds. The van der Waals surface area contributed by atoms with Crippen molar-refractivity contribution in [1.29, 1.82) is 0 Å². The molecular weight excluding hydrogens is 365 g/mol. The van der Waals surface area contributed by atoms with Crippen LogP contribution in [0.3, 0.4) is 0 Å². The van der Waals surface area contributed by atoms with E-state index in [0.717, 1.165) is 5.39 Å². The van der Waals surface area contributed by atoms with Gasteiger partial charge < -0.3 is 14.5 Å². The number of esters is 1. The summed E-state index contributed by atoms with van der Waals surface area (Å²) in [5.41, 5.74) is 0.946. The number of carbonyl (C=O) groups excluding carboxylic acids is 2. The molecule has 0 saturated heterocycles. The average molecular weight is 378 g/mol. The van der Waals surface area contributed by atoms with Crippen LogP contribution in [0.15, 0.2) is 52.9 Å². The third kappa shape index (κ3) is 3.95. The third-order valence-electron chi connectivity index (χ3n) is 3.47. The summed E-state index contributed by atoms with van der Waals surface area (Å²) in [6.45, 7) is 1.46. The van der Waals surface area contributed by atoms with Crippen molar-refractivity contribution in [3.63, 3.8) is 0 Å². The van der Waals surface area contributed by atoms with Crippen LogP contribution >= 0.6 is 23.2 Å². The van der Waals surface area contributed by atoms with Gasteiger partial charge in [0.05, 0.1) is 10.7 Å². The lowest BCUT2D eigenvalue weighted by Crippen LogP contribution is -2.30. The molecule has 0 aliphatic carbocycles. The zero-order chi connectivity index (χ0) is 18.0. The number of anilines is 1. The molecule has 25 heavy (non-hydrogen) atoms. The van der Waals surface area contributed by atoms with Gasteiger partial charge in [-0.1, -0.05) is 41.4 Å². The summed E-state index contributed by atoms with van der Waals surface area (Å²) in [5.74, 6) is -1.21. The van der Waals surface area contributed by atoms with Crippen molar-refractivity contribution in [3.8, 4) is 0 Å². The van der Waals surface area contributed by atoms with Gasteiger partial charge in [-0.25, -0.2) is 4.79 Å². The normalized spacial score (nSPS) is 12.0. The maximum absolute atomic E-state index is 12.2. The van der Waals surface area contributed by atoms with E-state index in [9.17, 15) is 9.59 Å². The number of halogens is 2. The van der Waals surface area contributed by atoms with Gasteiger partial charge in [-0.3, -0.25) is 4.79 Å². The largest absolute Gasteiger partial charge is 0.449 e. The number of amides is 1. The summed E-state index contributed by atoms with van der Waals surface area (Å²) in [7, 11) is 0. The second kappa shape index (κ2) is 7.17. The van der Waals surface area contributed by atoms with Gasteiger partial charge in [0, 0.05) is 10.4 Å². The van der Waals surface area contributed by atoms with Crippen LogP contribution in [-0.2, 0) is 9.53 Å². The van der Waals surface area contributed by atoms with Gasteiger partial charge in [0.25, 0.3) is 5.91 Å². The molecule has 0 radical (unpaired) electrons. The maximum atomic E-state index is 12.2. The van der Waals surface area contributed by atoms with Gasteiger partial charge in [0.2, 0.25) is 5.76 Å². The van der Waals surface area contributed by atoms with E-state index in [4.69, 9.17) is 32.4 Å². The number of benzene rings is 2. The van der Waals surface area contributed by atoms with Gasteiger partial charge in [-0.05, 0) is 37.3 Å². The Bertz CT molecular complexity index is 918. The molecule has 1 N–H and O–H groups in total. The van der Waals surface area contributed by atoms with E-state index in [1.807, 2.05) is 12.1 Å². The predicted octanol–water partition coefficient (Wildman–Crippen LogP) is 4.92. The van der Waals surface area contributed by atoms with Crippen molar-refractivity contribution < 1.29 is 18.7 Å². The van der Waals surface area contributed by atoms with Gasteiger partial charge in [-0.2, -0.15) is 0 Å². The molecule has 0 fully saturated rings. The number of rotatable bonds is 4. The van der Waals surface area contributed by atoms with Gasteiger partial charge >= 0.3 is 5.97 Å². The van der Waals surface area contributed by atoms with E-state index < -0.39 is 18.0 Å². The Morgan fingerprint density at radius 2 is 1.88 bits per heavy atom. The molecule has 7 heteroatoms. The minimum Gasteiger partial charge on any atom is -0.449 e. The van der Waals surface area contributed by atoms with Gasteiger partial charge in [0.15, 0.2) is 6.10 Å². The highest BCUT2D eigenvalue weighted by atomic mass is 35.5. The number of para-hydroxylation sites is 1. The van der Waals surface area contributed by atoms with E-state index in [-0.39, 0.29) is 10.8 Å². The lowest BCUT2D eigenvalue weighted by molar-refractivity contribution is -0.123. The number of hydrogen-bond donors (Lipinski definition) is 1. The topological polar surface area (TPSA) is 68.5 Å². The first-order chi connectivity index (χ1) is 11.9. The molecule has 5 nitrogen and oxygen atoms in total. The predicted molar refractivity (Wildman–Crippen MR) is 96.2 cm³/mol. The van der Waals surface area contributed by atoms with Gasteiger partial charge in [-0.15, -0.1) is 0 Å². The van der Waals surface area contributed by atoms with Crippen molar-refractivity contribution in [1.82, 2.24) is 0 Å². The van der Waals surface area contributed by atoms with Crippen LogP contribution in [0.4, 0.5) is 5.69 Å². The summed E-state index contributed by atoms with van der Waals surface area (Å²) in [4.78, 5) is 24.3. The summed E-state index contributed by atoms with van der Waals surface area (Å²) in [5, 5.41) is 4.10. The molecule has 0 aliphatic rings. The molecule has 0 unspecified atom stereocenters. The second-order valence-corrected chi connectivity index (χ2v) is 6.15. The number of ether oxygens (including phenoxy) is 1. The first-order valence-electron chi connectivity index (χ1n) is 7.39. The second-order valence-electron chi connectivity index (χ2n) is 5.31. The lowest BCUT2D eigenvalue weighted by Gasteiger charge is -2.13. The van der Waals surface area contributed by atoms with Gasteiger partial charge in [0.1, 0.15) is 5.58 Å². The Balaban J connectivity index is 1.67. The van der Waals surface area contributed by atoms with Crippen LogP contribution in [0.25, 0.3) is 11.0 Å². The van der Waals surface area contributed by atoms with Crippen molar-refractivity contribution in [2.45, 2.75) is 13.0 Å². The van der Waals surface area contributed by atoms with E-state index >= 15 is 0 Å². The van der Waals surface area contributed by atoms with E-state index in [2.05, 4.69) is 5.32 Å². The highest BCUT2D eigenvalue weighted by Gasteiger charge is 2.22. The number of furan rings is 1. The Hall–Kier alpha value is -2.50. The molecule has 0 bridgehead atoms. The maximum Gasteiger partial charge on any atom is 0.375 e. The zero-order valence-corrected chi connectivity index (χ0v) is 14.6. The first kappa shape index (κ1) is 17.3. The number of hydrogen-bond acceptors (Lipinski definition) is 4. The highest BCUT2D eigenvalue weighted by Crippen LogP contribution is 2.25. The lowest BCUT2D eigenvalue weighted by atomic mass is 10.2. The molecular formula is C18H13Cl2NO4. The Morgan fingerprint density at radius 3 is 2.60 bits per heavy atom. The molecule has 3 rings (SSSR count).